The lowest BCUT2D eigenvalue weighted by Gasteiger charge is -2.42. The first-order chi connectivity index (χ1) is 16.7. The number of aliphatic hydroxyl groups is 1. The number of benzene rings is 2. The number of hydrogen-bond acceptors (Lipinski definition) is 5. The van der Waals surface area contributed by atoms with E-state index in [2.05, 4.69) is 11.4 Å². The molecular weight excluding hydrogens is 451 g/mol. The standard InChI is InChI=1S/C27H33FN2O5/c1-27(2,3)35-26(33)29-22-14-23(34-16-19(22)15-31)25(32)30-13-12-17-6-4-5-7-21(17)24(30)18-8-10-20(28)11-9-18/h4-11,19,22-24,31H,12-16H2,1-3H3,(H,29,33)/t19-,22-,23+,24-/m0/s1. The molecule has 2 N–H and O–H groups in total. The van der Waals surface area contributed by atoms with Crippen molar-refractivity contribution in [3.05, 3.63) is 71.0 Å². The van der Waals surface area contributed by atoms with Gasteiger partial charge in [0.15, 0.2) is 0 Å². The number of nitrogens with zero attached hydrogens (tertiary/aromatic N) is 1. The molecule has 1 fully saturated rings. The van der Waals surface area contributed by atoms with Gasteiger partial charge in [0.25, 0.3) is 5.91 Å². The van der Waals surface area contributed by atoms with E-state index >= 15 is 0 Å². The van der Waals surface area contributed by atoms with Gasteiger partial charge in [0.1, 0.15) is 17.5 Å². The summed E-state index contributed by atoms with van der Waals surface area (Å²) in [6, 6.07) is 13.3. The van der Waals surface area contributed by atoms with E-state index in [0.29, 0.717) is 13.0 Å². The van der Waals surface area contributed by atoms with Crippen LogP contribution < -0.4 is 5.32 Å². The third kappa shape index (κ3) is 5.82. The van der Waals surface area contributed by atoms with Gasteiger partial charge in [-0.2, -0.15) is 0 Å². The van der Waals surface area contributed by atoms with Crippen molar-refractivity contribution in [2.75, 3.05) is 19.8 Å². The molecule has 35 heavy (non-hydrogen) atoms. The van der Waals surface area contributed by atoms with Gasteiger partial charge >= 0.3 is 6.09 Å². The fourth-order valence-corrected chi connectivity index (χ4v) is 4.83. The van der Waals surface area contributed by atoms with E-state index in [9.17, 15) is 19.1 Å². The zero-order chi connectivity index (χ0) is 25.2. The van der Waals surface area contributed by atoms with E-state index in [0.717, 1.165) is 16.7 Å². The van der Waals surface area contributed by atoms with E-state index in [1.165, 1.54) is 12.1 Å². The Morgan fingerprint density at radius 2 is 1.89 bits per heavy atom. The summed E-state index contributed by atoms with van der Waals surface area (Å²) in [4.78, 5) is 28.0. The molecule has 1 saturated heterocycles. The highest BCUT2D eigenvalue weighted by molar-refractivity contribution is 5.82. The largest absolute Gasteiger partial charge is 0.444 e. The number of carbonyl (C=O) groups is 2. The second-order valence-electron chi connectivity index (χ2n) is 10.2. The Bertz CT molecular complexity index is 1050. The molecule has 2 amide bonds. The van der Waals surface area contributed by atoms with Crippen molar-refractivity contribution in [1.82, 2.24) is 10.2 Å². The van der Waals surface area contributed by atoms with Gasteiger partial charge < -0.3 is 24.8 Å². The molecule has 0 radical (unpaired) electrons. The quantitative estimate of drug-likeness (QED) is 0.693. The van der Waals surface area contributed by atoms with Crippen LogP contribution in [0.3, 0.4) is 0 Å². The molecule has 0 spiro atoms. The number of ether oxygens (including phenoxy) is 2. The Hall–Kier alpha value is -2.97. The van der Waals surface area contributed by atoms with Crippen molar-refractivity contribution in [2.24, 2.45) is 5.92 Å². The first-order valence-corrected chi connectivity index (χ1v) is 12.0. The zero-order valence-corrected chi connectivity index (χ0v) is 20.4. The second-order valence-corrected chi connectivity index (χ2v) is 10.2. The number of alkyl carbamates (subject to hydrolysis) is 1. The third-order valence-electron chi connectivity index (χ3n) is 6.51. The average Bonchev–Trinajstić information content (AvgIpc) is 2.82. The summed E-state index contributed by atoms with van der Waals surface area (Å²) in [5.41, 5.74) is 2.31. The van der Waals surface area contributed by atoms with Crippen LogP contribution in [0.1, 0.15) is 49.9 Å². The molecule has 4 atom stereocenters. The summed E-state index contributed by atoms with van der Waals surface area (Å²) < 4.78 is 24.9. The van der Waals surface area contributed by atoms with Crippen LogP contribution >= 0.6 is 0 Å². The van der Waals surface area contributed by atoms with Crippen LogP contribution in [-0.4, -0.2) is 59.5 Å². The van der Waals surface area contributed by atoms with Gasteiger partial charge in [0.05, 0.1) is 19.3 Å². The molecule has 7 nitrogen and oxygen atoms in total. The normalized spacial score (nSPS) is 24.4. The Kier molecular flexibility index (Phi) is 7.42. The van der Waals surface area contributed by atoms with Crippen molar-refractivity contribution in [1.29, 1.82) is 0 Å². The minimum Gasteiger partial charge on any atom is -0.444 e. The zero-order valence-electron chi connectivity index (χ0n) is 20.4. The Morgan fingerprint density at radius 1 is 1.17 bits per heavy atom. The molecule has 8 heteroatoms. The first-order valence-electron chi connectivity index (χ1n) is 12.0. The molecule has 2 aliphatic heterocycles. The molecule has 188 valence electrons. The highest BCUT2D eigenvalue weighted by Gasteiger charge is 2.41. The van der Waals surface area contributed by atoms with Crippen LogP contribution in [0.4, 0.5) is 9.18 Å². The van der Waals surface area contributed by atoms with Crippen LogP contribution in [-0.2, 0) is 20.7 Å². The fourth-order valence-electron chi connectivity index (χ4n) is 4.83. The van der Waals surface area contributed by atoms with E-state index < -0.39 is 23.8 Å². The molecule has 2 aromatic carbocycles. The highest BCUT2D eigenvalue weighted by Crippen LogP contribution is 2.36. The number of rotatable bonds is 4. The van der Waals surface area contributed by atoms with E-state index in [4.69, 9.17) is 9.47 Å². The van der Waals surface area contributed by atoms with Gasteiger partial charge in [-0.1, -0.05) is 36.4 Å². The van der Waals surface area contributed by atoms with Gasteiger partial charge in [-0.25, -0.2) is 9.18 Å². The molecule has 0 unspecified atom stereocenters. The lowest BCUT2D eigenvalue weighted by atomic mass is 9.86. The molecule has 2 aliphatic rings. The fraction of sp³-hybridized carbons (Fsp3) is 0.481. The molecule has 2 aromatic rings. The molecule has 0 aromatic heterocycles. The Balaban J connectivity index is 1.57. The predicted octanol–water partition coefficient (Wildman–Crippen LogP) is 3.59. The number of carbonyl (C=O) groups excluding carboxylic acids is 2. The predicted molar refractivity (Wildman–Crippen MR) is 128 cm³/mol. The Labute approximate surface area is 205 Å². The number of halogens is 1. The molecular formula is C27H33FN2O5. The second kappa shape index (κ2) is 10.3. The SMILES string of the molecule is CC(C)(C)OC(=O)N[C@H]1C[C@H](C(=O)N2CCc3ccccc3[C@@H]2c2ccc(F)cc2)OC[C@@H]1CO. The number of fused-ring (bicyclic) bond motifs is 1. The summed E-state index contributed by atoms with van der Waals surface area (Å²) in [5.74, 6) is -0.875. The van der Waals surface area contributed by atoms with Crippen molar-refractivity contribution < 1.29 is 28.6 Å². The van der Waals surface area contributed by atoms with Crippen molar-refractivity contribution in [3.8, 4) is 0 Å². The van der Waals surface area contributed by atoms with Crippen LogP contribution in [0.2, 0.25) is 0 Å². The maximum absolute atomic E-state index is 13.8. The van der Waals surface area contributed by atoms with Crippen molar-refractivity contribution >= 4 is 12.0 Å². The maximum atomic E-state index is 13.8. The van der Waals surface area contributed by atoms with Crippen LogP contribution in [0.25, 0.3) is 0 Å². The molecule has 0 saturated carbocycles. The van der Waals surface area contributed by atoms with E-state index in [-0.39, 0.29) is 43.3 Å². The lowest BCUT2D eigenvalue weighted by molar-refractivity contribution is -0.153. The summed E-state index contributed by atoms with van der Waals surface area (Å²) in [6.07, 6.45) is -0.459. The average molecular weight is 485 g/mol. The highest BCUT2D eigenvalue weighted by atomic mass is 19.1. The minimum atomic E-state index is -0.786. The van der Waals surface area contributed by atoms with Gasteiger partial charge in [-0.05, 0) is 56.0 Å². The van der Waals surface area contributed by atoms with E-state index in [1.54, 1.807) is 37.8 Å². The van der Waals surface area contributed by atoms with Gasteiger partial charge in [-0.3, -0.25) is 4.79 Å². The molecule has 0 aliphatic carbocycles. The van der Waals surface area contributed by atoms with Gasteiger partial charge in [0.2, 0.25) is 0 Å². The van der Waals surface area contributed by atoms with Gasteiger partial charge in [-0.15, -0.1) is 0 Å². The van der Waals surface area contributed by atoms with Crippen LogP contribution in [0.15, 0.2) is 48.5 Å². The molecule has 2 heterocycles. The Morgan fingerprint density at radius 3 is 2.57 bits per heavy atom. The summed E-state index contributed by atoms with van der Waals surface area (Å²) >= 11 is 0. The van der Waals surface area contributed by atoms with Gasteiger partial charge in [0, 0.05) is 24.9 Å². The van der Waals surface area contributed by atoms with Crippen LogP contribution in [0.5, 0.6) is 0 Å². The maximum Gasteiger partial charge on any atom is 0.407 e. The van der Waals surface area contributed by atoms with Crippen molar-refractivity contribution in [3.63, 3.8) is 0 Å². The summed E-state index contributed by atoms with van der Waals surface area (Å²) in [7, 11) is 0. The number of nitrogens with one attached hydrogen (secondary N) is 1. The van der Waals surface area contributed by atoms with E-state index in [1.807, 2.05) is 18.2 Å². The van der Waals surface area contributed by atoms with Crippen molar-refractivity contribution in [2.45, 2.75) is 57.4 Å². The van der Waals surface area contributed by atoms with Crippen LogP contribution in [0, 0.1) is 11.7 Å². The third-order valence-corrected chi connectivity index (χ3v) is 6.51. The summed E-state index contributed by atoms with van der Waals surface area (Å²) in [5, 5.41) is 12.6. The topological polar surface area (TPSA) is 88.1 Å². The summed E-state index contributed by atoms with van der Waals surface area (Å²) in [6.45, 7) is 5.77. The number of hydrogen-bond donors (Lipinski definition) is 2. The lowest BCUT2D eigenvalue weighted by Crippen LogP contribution is -2.55. The number of amides is 2. The smallest absolute Gasteiger partial charge is 0.407 e. The monoisotopic (exact) mass is 484 g/mol. The minimum absolute atomic E-state index is 0.138. The number of aliphatic hydroxyl groups excluding tert-OH is 1. The first kappa shape index (κ1) is 25.1. The molecule has 0 bridgehead atoms. The molecule has 4 rings (SSSR count).